The lowest BCUT2D eigenvalue weighted by atomic mass is 10.1. The molecule has 0 saturated carbocycles. The molecule has 0 aliphatic carbocycles. The second kappa shape index (κ2) is 6.47. The highest BCUT2D eigenvalue weighted by Gasteiger charge is 2.32. The van der Waals surface area contributed by atoms with Gasteiger partial charge in [-0.3, -0.25) is 9.59 Å². The molecule has 2 amide bonds. The van der Waals surface area contributed by atoms with Crippen molar-refractivity contribution in [3.63, 3.8) is 0 Å². The van der Waals surface area contributed by atoms with Gasteiger partial charge in [0, 0.05) is 24.5 Å². The zero-order valence-corrected chi connectivity index (χ0v) is 12.6. The molecular weight excluding hydrogens is 298 g/mol. The Morgan fingerprint density at radius 3 is 2.90 bits per heavy atom. The number of halogens is 1. The number of piperazine rings is 1. The molecule has 1 aromatic carbocycles. The van der Waals surface area contributed by atoms with Crippen LogP contribution in [0.5, 0.6) is 0 Å². The summed E-state index contributed by atoms with van der Waals surface area (Å²) in [6, 6.07) is 4.66. The van der Waals surface area contributed by atoms with E-state index in [4.69, 9.17) is 17.3 Å². The van der Waals surface area contributed by atoms with Crippen LogP contribution in [0.1, 0.15) is 10.4 Å². The van der Waals surface area contributed by atoms with Crippen LogP contribution in [0.3, 0.4) is 0 Å². The van der Waals surface area contributed by atoms with Crippen molar-refractivity contribution < 1.29 is 9.59 Å². The molecule has 2 rings (SSSR count). The zero-order chi connectivity index (χ0) is 14.7. The Labute approximate surface area is 126 Å². The lowest BCUT2D eigenvalue weighted by Crippen LogP contribution is -2.58. The number of benzene rings is 1. The highest BCUT2D eigenvalue weighted by molar-refractivity contribution is 7.98. The summed E-state index contributed by atoms with van der Waals surface area (Å²) in [5, 5.41) is 3.44. The lowest BCUT2D eigenvalue weighted by Gasteiger charge is -2.34. The zero-order valence-electron chi connectivity index (χ0n) is 11.1. The topological polar surface area (TPSA) is 75.4 Å². The minimum absolute atomic E-state index is 0.254. The smallest absolute Gasteiger partial charge is 0.256 e. The summed E-state index contributed by atoms with van der Waals surface area (Å²) in [7, 11) is 0. The monoisotopic (exact) mass is 313 g/mol. The van der Waals surface area contributed by atoms with Gasteiger partial charge in [-0.05, 0) is 24.5 Å². The summed E-state index contributed by atoms with van der Waals surface area (Å²) in [5.74, 6) is -0.765. The molecule has 5 nitrogen and oxygen atoms in total. The molecule has 108 valence electrons. The van der Waals surface area contributed by atoms with Crippen molar-refractivity contribution in [2.24, 2.45) is 5.73 Å². The van der Waals surface area contributed by atoms with Crippen LogP contribution in [0.25, 0.3) is 0 Å². The van der Waals surface area contributed by atoms with Gasteiger partial charge in [-0.2, -0.15) is 0 Å². The van der Waals surface area contributed by atoms with Crippen LogP contribution in [0.2, 0.25) is 5.02 Å². The Balaban J connectivity index is 2.31. The summed E-state index contributed by atoms with van der Waals surface area (Å²) in [5.41, 5.74) is 5.77. The number of nitrogens with one attached hydrogen (secondary N) is 1. The van der Waals surface area contributed by atoms with Crippen molar-refractivity contribution in [2.75, 3.05) is 25.9 Å². The molecule has 0 spiro atoms. The van der Waals surface area contributed by atoms with Gasteiger partial charge in [0.05, 0.1) is 10.6 Å². The third-order valence-corrected chi connectivity index (χ3v) is 4.29. The van der Waals surface area contributed by atoms with Gasteiger partial charge in [0.2, 0.25) is 5.91 Å². The second-order valence-corrected chi connectivity index (χ2v) is 5.75. The van der Waals surface area contributed by atoms with Crippen LogP contribution >= 0.6 is 23.4 Å². The van der Waals surface area contributed by atoms with Gasteiger partial charge in [0.15, 0.2) is 0 Å². The number of carbonyl (C=O) groups excluding carboxylic acids is 2. The summed E-state index contributed by atoms with van der Waals surface area (Å²) in [6.07, 6.45) is 1.93. The number of amides is 2. The van der Waals surface area contributed by atoms with Gasteiger partial charge in [-0.15, -0.1) is 11.8 Å². The highest BCUT2D eigenvalue weighted by Crippen LogP contribution is 2.25. The number of primary amides is 1. The number of thioether (sulfide) groups is 1. The Bertz CT molecular complexity index is 538. The maximum atomic E-state index is 12.6. The van der Waals surface area contributed by atoms with E-state index >= 15 is 0 Å². The predicted molar refractivity (Wildman–Crippen MR) is 80.1 cm³/mol. The van der Waals surface area contributed by atoms with E-state index in [0.717, 1.165) is 4.90 Å². The fraction of sp³-hybridized carbons (Fsp3) is 0.385. The van der Waals surface area contributed by atoms with E-state index in [1.807, 2.05) is 12.3 Å². The fourth-order valence-electron chi connectivity index (χ4n) is 2.15. The lowest BCUT2D eigenvalue weighted by molar-refractivity contribution is -0.122. The van der Waals surface area contributed by atoms with Gasteiger partial charge in [-0.1, -0.05) is 11.6 Å². The number of carbonyl (C=O) groups is 2. The Morgan fingerprint density at radius 1 is 1.50 bits per heavy atom. The van der Waals surface area contributed by atoms with Crippen molar-refractivity contribution in [3.8, 4) is 0 Å². The summed E-state index contributed by atoms with van der Waals surface area (Å²) in [4.78, 5) is 26.5. The predicted octanol–water partition coefficient (Wildman–Crippen LogP) is 0.961. The van der Waals surface area contributed by atoms with Crippen molar-refractivity contribution >= 4 is 35.2 Å². The number of rotatable bonds is 3. The average Bonchev–Trinajstić information content (AvgIpc) is 2.47. The molecule has 1 atom stereocenters. The van der Waals surface area contributed by atoms with Crippen LogP contribution in [0.15, 0.2) is 23.1 Å². The standard InChI is InChI=1S/C13H16ClN3O2S/c1-20-8-2-3-10(14)9(6-8)13(19)17-5-4-16-7-11(17)12(15)18/h2-3,6,11,16H,4-5,7H2,1H3,(H2,15,18). The minimum atomic E-state index is -0.634. The van der Waals surface area contributed by atoms with Crippen LogP contribution < -0.4 is 11.1 Å². The SMILES string of the molecule is CSc1ccc(Cl)c(C(=O)N2CCNCC2C(N)=O)c1. The van der Waals surface area contributed by atoms with Crippen molar-refractivity contribution in [1.82, 2.24) is 10.2 Å². The summed E-state index contributed by atoms with van der Waals surface area (Å²) >= 11 is 7.64. The molecule has 1 saturated heterocycles. The molecule has 0 bridgehead atoms. The van der Waals surface area contributed by atoms with Crippen molar-refractivity contribution in [2.45, 2.75) is 10.9 Å². The van der Waals surface area contributed by atoms with Crippen LogP contribution in [0, 0.1) is 0 Å². The Hall–Kier alpha value is -1.24. The summed E-state index contributed by atoms with van der Waals surface area (Å²) < 4.78 is 0. The number of hydrogen-bond acceptors (Lipinski definition) is 4. The molecule has 1 heterocycles. The second-order valence-electron chi connectivity index (χ2n) is 4.47. The van der Waals surface area contributed by atoms with Crippen molar-refractivity contribution in [3.05, 3.63) is 28.8 Å². The number of nitrogens with two attached hydrogens (primary N) is 1. The Kier molecular flexibility index (Phi) is 4.91. The maximum absolute atomic E-state index is 12.6. The normalized spacial score (nSPS) is 18.9. The quantitative estimate of drug-likeness (QED) is 0.815. The first kappa shape index (κ1) is 15.2. The third-order valence-electron chi connectivity index (χ3n) is 3.24. The van der Waals surface area contributed by atoms with E-state index < -0.39 is 11.9 Å². The molecule has 1 aliphatic heterocycles. The minimum Gasteiger partial charge on any atom is -0.368 e. The van der Waals surface area contributed by atoms with Crippen LogP contribution in [0.4, 0.5) is 0 Å². The van der Waals surface area contributed by atoms with Gasteiger partial charge in [0.1, 0.15) is 6.04 Å². The molecule has 20 heavy (non-hydrogen) atoms. The molecule has 1 fully saturated rings. The highest BCUT2D eigenvalue weighted by atomic mass is 35.5. The fourth-order valence-corrected chi connectivity index (χ4v) is 2.79. The van der Waals surface area contributed by atoms with Crippen molar-refractivity contribution in [1.29, 1.82) is 0 Å². The molecule has 1 unspecified atom stereocenters. The van der Waals surface area contributed by atoms with E-state index in [1.165, 1.54) is 16.7 Å². The summed E-state index contributed by atoms with van der Waals surface area (Å²) in [6.45, 7) is 1.45. The van der Waals surface area contributed by atoms with Gasteiger partial charge in [-0.25, -0.2) is 0 Å². The van der Waals surface area contributed by atoms with E-state index in [-0.39, 0.29) is 5.91 Å². The third kappa shape index (κ3) is 3.08. The van der Waals surface area contributed by atoms with E-state index in [2.05, 4.69) is 5.32 Å². The first-order valence-electron chi connectivity index (χ1n) is 6.19. The molecule has 1 aromatic rings. The van der Waals surface area contributed by atoms with Gasteiger partial charge in [0.25, 0.3) is 5.91 Å². The van der Waals surface area contributed by atoms with E-state index in [9.17, 15) is 9.59 Å². The average molecular weight is 314 g/mol. The van der Waals surface area contributed by atoms with E-state index in [0.29, 0.717) is 30.2 Å². The molecule has 7 heteroatoms. The Morgan fingerprint density at radius 2 is 2.25 bits per heavy atom. The largest absolute Gasteiger partial charge is 0.368 e. The first-order valence-corrected chi connectivity index (χ1v) is 7.79. The first-order chi connectivity index (χ1) is 9.54. The molecule has 3 N–H and O–H groups in total. The molecular formula is C13H16ClN3O2S. The molecule has 1 aliphatic rings. The number of hydrogen-bond donors (Lipinski definition) is 2. The maximum Gasteiger partial charge on any atom is 0.256 e. The molecule has 0 radical (unpaired) electrons. The molecule has 0 aromatic heterocycles. The van der Waals surface area contributed by atoms with Gasteiger partial charge < -0.3 is 16.0 Å². The van der Waals surface area contributed by atoms with E-state index in [1.54, 1.807) is 12.1 Å². The van der Waals surface area contributed by atoms with Crippen LogP contribution in [-0.4, -0.2) is 48.6 Å². The number of nitrogens with zero attached hydrogens (tertiary/aromatic N) is 1. The van der Waals surface area contributed by atoms with Gasteiger partial charge >= 0.3 is 0 Å². The van der Waals surface area contributed by atoms with Crippen LogP contribution in [-0.2, 0) is 4.79 Å².